The summed E-state index contributed by atoms with van der Waals surface area (Å²) in [5, 5.41) is 7.67. The largest absolute Gasteiger partial charge is 0.452 e. The number of hydrogen-bond acceptors (Lipinski definition) is 5. The Morgan fingerprint density at radius 3 is 2.50 bits per heavy atom. The molecular weight excluding hydrogens is 382 g/mol. The molecule has 1 heterocycles. The van der Waals surface area contributed by atoms with Gasteiger partial charge in [0.1, 0.15) is 0 Å². The van der Waals surface area contributed by atoms with E-state index in [4.69, 9.17) is 9.88 Å². The monoisotopic (exact) mass is 405 g/mol. The van der Waals surface area contributed by atoms with E-state index in [-0.39, 0.29) is 10.6 Å². The number of aryl methyl sites for hydroxylation is 2. The van der Waals surface area contributed by atoms with Crippen molar-refractivity contribution in [1.29, 1.82) is 0 Å². The van der Waals surface area contributed by atoms with Crippen molar-refractivity contribution >= 4 is 27.6 Å². The van der Waals surface area contributed by atoms with Crippen molar-refractivity contribution in [2.75, 3.05) is 11.9 Å². The molecule has 0 unspecified atom stereocenters. The van der Waals surface area contributed by atoms with Crippen molar-refractivity contribution in [3.8, 4) is 0 Å². The number of nitrogens with two attached hydrogens (primary N) is 1. The molecule has 0 spiro atoms. The second-order valence-electron chi connectivity index (χ2n) is 7.04. The van der Waals surface area contributed by atoms with Crippen molar-refractivity contribution in [3.05, 3.63) is 46.8 Å². The van der Waals surface area contributed by atoms with Gasteiger partial charge in [-0.15, -0.1) is 0 Å². The Kier molecular flexibility index (Phi) is 5.31. The SMILES string of the molecule is Cc1ccc(NC(=O)COC(=O)c2cc(C)n(C3CC3)c2C)cc1S(N)(=O)=O. The van der Waals surface area contributed by atoms with Crippen LogP contribution in [0.5, 0.6) is 0 Å². The van der Waals surface area contributed by atoms with Crippen LogP contribution in [0.25, 0.3) is 0 Å². The van der Waals surface area contributed by atoms with E-state index in [1.165, 1.54) is 12.1 Å². The number of sulfonamides is 1. The summed E-state index contributed by atoms with van der Waals surface area (Å²) in [6.45, 7) is 4.92. The van der Waals surface area contributed by atoms with Gasteiger partial charge in [0.25, 0.3) is 5.91 Å². The van der Waals surface area contributed by atoms with Gasteiger partial charge in [-0.05, 0) is 57.4 Å². The van der Waals surface area contributed by atoms with Crippen molar-refractivity contribution in [3.63, 3.8) is 0 Å². The maximum atomic E-state index is 12.3. The minimum Gasteiger partial charge on any atom is -0.452 e. The molecule has 9 heteroatoms. The summed E-state index contributed by atoms with van der Waals surface area (Å²) in [5.41, 5.74) is 3.00. The van der Waals surface area contributed by atoms with E-state index in [1.807, 2.05) is 13.8 Å². The number of rotatable bonds is 6. The number of hydrogen-bond donors (Lipinski definition) is 2. The topological polar surface area (TPSA) is 120 Å². The fourth-order valence-corrected chi connectivity index (χ4v) is 4.08. The molecule has 1 saturated carbocycles. The van der Waals surface area contributed by atoms with Gasteiger partial charge in [0, 0.05) is 23.1 Å². The first kappa shape index (κ1) is 20.1. The summed E-state index contributed by atoms with van der Waals surface area (Å²) in [5.74, 6) is -1.14. The van der Waals surface area contributed by atoms with Crippen LogP contribution in [-0.4, -0.2) is 31.5 Å². The molecule has 1 aliphatic carbocycles. The highest BCUT2D eigenvalue weighted by Crippen LogP contribution is 2.38. The molecular formula is C19H23N3O5S. The van der Waals surface area contributed by atoms with Crippen LogP contribution in [0.4, 0.5) is 5.69 Å². The van der Waals surface area contributed by atoms with Crippen LogP contribution >= 0.6 is 0 Å². The summed E-state index contributed by atoms with van der Waals surface area (Å²) in [6.07, 6.45) is 2.20. The number of benzene rings is 1. The lowest BCUT2D eigenvalue weighted by Gasteiger charge is -2.10. The highest BCUT2D eigenvalue weighted by atomic mass is 32.2. The first-order valence-corrected chi connectivity index (χ1v) is 10.4. The summed E-state index contributed by atoms with van der Waals surface area (Å²) in [4.78, 5) is 24.4. The van der Waals surface area contributed by atoms with Crippen molar-refractivity contribution in [1.82, 2.24) is 4.57 Å². The smallest absolute Gasteiger partial charge is 0.340 e. The van der Waals surface area contributed by atoms with E-state index in [0.29, 0.717) is 17.2 Å². The van der Waals surface area contributed by atoms with Gasteiger partial charge in [-0.2, -0.15) is 0 Å². The summed E-state index contributed by atoms with van der Waals surface area (Å²) >= 11 is 0. The molecule has 0 aliphatic heterocycles. The number of ether oxygens (including phenoxy) is 1. The van der Waals surface area contributed by atoms with E-state index in [9.17, 15) is 18.0 Å². The van der Waals surface area contributed by atoms with Crippen LogP contribution in [0.15, 0.2) is 29.2 Å². The van der Waals surface area contributed by atoms with Crippen LogP contribution < -0.4 is 10.5 Å². The Morgan fingerprint density at radius 1 is 1.21 bits per heavy atom. The molecule has 0 atom stereocenters. The van der Waals surface area contributed by atoms with Crippen molar-refractivity contribution < 1.29 is 22.7 Å². The average molecular weight is 405 g/mol. The van der Waals surface area contributed by atoms with Crippen molar-refractivity contribution in [2.24, 2.45) is 5.14 Å². The molecule has 1 amide bonds. The van der Waals surface area contributed by atoms with E-state index in [0.717, 1.165) is 24.2 Å². The Morgan fingerprint density at radius 2 is 1.89 bits per heavy atom. The van der Waals surface area contributed by atoms with Gasteiger partial charge in [0.15, 0.2) is 6.61 Å². The number of anilines is 1. The Bertz CT molecular complexity index is 1050. The fourth-order valence-electron chi connectivity index (χ4n) is 3.27. The zero-order valence-electron chi connectivity index (χ0n) is 16.0. The number of aromatic nitrogens is 1. The minimum absolute atomic E-state index is 0.0742. The van der Waals surface area contributed by atoms with Crippen molar-refractivity contribution in [2.45, 2.75) is 44.6 Å². The molecule has 3 rings (SSSR count). The molecule has 8 nitrogen and oxygen atoms in total. The van der Waals surface area contributed by atoms with Gasteiger partial charge in [0.2, 0.25) is 10.0 Å². The van der Waals surface area contributed by atoms with E-state index < -0.39 is 28.5 Å². The molecule has 0 radical (unpaired) electrons. The lowest BCUT2D eigenvalue weighted by atomic mass is 10.2. The fraction of sp³-hybridized carbons (Fsp3) is 0.368. The molecule has 2 aromatic rings. The number of amides is 1. The standard InChI is InChI=1S/C19H23N3O5S/c1-11-4-5-14(9-17(11)28(20,25)26)21-18(23)10-27-19(24)16-8-12(2)22(13(16)3)15-6-7-15/h4-5,8-9,15H,6-7,10H2,1-3H3,(H,21,23)(H2,20,25,26). The third kappa shape index (κ3) is 4.26. The van der Waals surface area contributed by atoms with Gasteiger partial charge in [-0.1, -0.05) is 6.07 Å². The molecule has 1 aromatic heterocycles. The predicted octanol–water partition coefficient (Wildman–Crippen LogP) is 2.19. The Labute approximate surface area is 163 Å². The molecule has 0 saturated heterocycles. The maximum absolute atomic E-state index is 12.3. The number of carbonyl (C=O) groups excluding carboxylic acids is 2. The number of esters is 1. The number of primary sulfonamides is 1. The van der Waals surface area contributed by atoms with Crippen LogP contribution in [0.3, 0.4) is 0 Å². The zero-order chi connectivity index (χ0) is 20.6. The summed E-state index contributed by atoms with van der Waals surface area (Å²) < 4.78 is 30.4. The minimum atomic E-state index is -3.90. The maximum Gasteiger partial charge on any atom is 0.340 e. The molecule has 0 bridgehead atoms. The number of nitrogens with zero attached hydrogens (tertiary/aromatic N) is 1. The predicted molar refractivity (Wildman–Crippen MR) is 104 cm³/mol. The van der Waals surface area contributed by atoms with Gasteiger partial charge in [-0.25, -0.2) is 18.4 Å². The molecule has 150 valence electrons. The quantitative estimate of drug-likeness (QED) is 0.714. The van der Waals surface area contributed by atoms with Gasteiger partial charge in [-0.3, -0.25) is 4.79 Å². The van der Waals surface area contributed by atoms with Crippen LogP contribution in [0, 0.1) is 20.8 Å². The van der Waals surface area contributed by atoms with Gasteiger partial charge >= 0.3 is 5.97 Å². The number of nitrogens with one attached hydrogen (secondary N) is 1. The average Bonchev–Trinajstić information content (AvgIpc) is 3.38. The van der Waals surface area contributed by atoms with Gasteiger partial charge < -0.3 is 14.6 Å². The van der Waals surface area contributed by atoms with E-state index >= 15 is 0 Å². The third-order valence-electron chi connectivity index (χ3n) is 4.73. The number of carbonyl (C=O) groups is 2. The normalized spacial score (nSPS) is 14.0. The Balaban J connectivity index is 1.63. The lowest BCUT2D eigenvalue weighted by Crippen LogP contribution is -2.21. The van der Waals surface area contributed by atoms with Crippen LogP contribution in [0.2, 0.25) is 0 Å². The molecule has 1 aliphatic rings. The molecule has 1 fully saturated rings. The van der Waals surface area contributed by atoms with E-state index in [2.05, 4.69) is 9.88 Å². The molecule has 28 heavy (non-hydrogen) atoms. The second kappa shape index (κ2) is 7.40. The van der Waals surface area contributed by atoms with Gasteiger partial charge in [0.05, 0.1) is 10.5 Å². The highest BCUT2D eigenvalue weighted by Gasteiger charge is 2.28. The Hall–Kier alpha value is -2.65. The third-order valence-corrected chi connectivity index (χ3v) is 5.78. The molecule has 1 aromatic carbocycles. The molecule has 3 N–H and O–H groups in total. The zero-order valence-corrected chi connectivity index (χ0v) is 16.8. The van der Waals surface area contributed by atoms with Crippen LogP contribution in [-0.2, 0) is 19.6 Å². The summed E-state index contributed by atoms with van der Waals surface area (Å²) in [7, 11) is -3.90. The first-order valence-electron chi connectivity index (χ1n) is 8.87. The second-order valence-corrected chi connectivity index (χ2v) is 8.57. The lowest BCUT2D eigenvalue weighted by molar-refractivity contribution is -0.119. The first-order chi connectivity index (χ1) is 13.1. The highest BCUT2D eigenvalue weighted by molar-refractivity contribution is 7.89. The van der Waals surface area contributed by atoms with Crippen LogP contribution in [0.1, 0.15) is 46.2 Å². The van der Waals surface area contributed by atoms with E-state index in [1.54, 1.807) is 19.1 Å². The summed E-state index contributed by atoms with van der Waals surface area (Å²) in [6, 6.07) is 6.57.